The van der Waals surface area contributed by atoms with Gasteiger partial charge in [-0.2, -0.15) is 0 Å². The van der Waals surface area contributed by atoms with Crippen molar-refractivity contribution in [2.24, 2.45) is 4.99 Å². The summed E-state index contributed by atoms with van der Waals surface area (Å²) in [4.78, 5) is 34.4. The minimum atomic E-state index is -0.451. The third-order valence-electron chi connectivity index (χ3n) is 6.01. The Bertz CT molecular complexity index is 1020. The van der Waals surface area contributed by atoms with E-state index in [0.29, 0.717) is 22.8 Å². The Hall–Kier alpha value is -2.33. The Morgan fingerprint density at radius 3 is 2.71 bits per heavy atom. The van der Waals surface area contributed by atoms with E-state index in [1.54, 1.807) is 19.1 Å². The van der Waals surface area contributed by atoms with Gasteiger partial charge >= 0.3 is 5.97 Å². The predicted molar refractivity (Wildman–Crippen MR) is 133 cm³/mol. The number of carbonyl (C=O) groups is 2. The van der Waals surface area contributed by atoms with Crippen LogP contribution in [0.3, 0.4) is 0 Å². The molecule has 8 nitrogen and oxygen atoms in total. The molecule has 1 aromatic carbocycles. The third-order valence-corrected chi connectivity index (χ3v) is 7.15. The molecule has 0 aliphatic carbocycles. The lowest BCUT2D eigenvalue weighted by atomic mass is 9.94. The average Bonchev–Trinajstić information content (AvgIpc) is 3.23. The van der Waals surface area contributed by atoms with Crippen LogP contribution in [0.2, 0.25) is 5.02 Å². The minimum Gasteiger partial charge on any atom is -0.466 e. The average molecular weight is 505 g/mol. The number of rotatable bonds is 8. The van der Waals surface area contributed by atoms with E-state index in [1.165, 1.54) is 18.9 Å². The minimum absolute atomic E-state index is 0.0594. The zero-order valence-electron chi connectivity index (χ0n) is 19.4. The molecule has 1 fully saturated rings. The van der Waals surface area contributed by atoms with Crippen LogP contribution in [0.1, 0.15) is 31.4 Å². The van der Waals surface area contributed by atoms with Gasteiger partial charge in [0.05, 0.1) is 44.1 Å². The second-order valence-corrected chi connectivity index (χ2v) is 9.54. The molecule has 34 heavy (non-hydrogen) atoms. The van der Waals surface area contributed by atoms with Crippen LogP contribution in [-0.2, 0) is 19.1 Å². The fraction of sp³-hybridized carbons (Fsp3) is 0.458. The van der Waals surface area contributed by atoms with Gasteiger partial charge in [0.1, 0.15) is 0 Å². The van der Waals surface area contributed by atoms with Crippen LogP contribution < -0.4 is 5.32 Å². The van der Waals surface area contributed by atoms with Crippen molar-refractivity contribution < 1.29 is 19.1 Å². The number of aliphatic imine (C=N–C) groups is 1. The summed E-state index contributed by atoms with van der Waals surface area (Å²) in [6.45, 7) is 6.79. The topological polar surface area (TPSA) is 83.5 Å². The molecule has 1 unspecified atom stereocenters. The number of esters is 1. The van der Waals surface area contributed by atoms with Crippen LogP contribution in [0.4, 0.5) is 0 Å². The number of morpholine rings is 1. The molecule has 1 atom stereocenters. The summed E-state index contributed by atoms with van der Waals surface area (Å²) in [5.41, 5.74) is 2.72. The number of halogens is 1. The van der Waals surface area contributed by atoms with Crippen molar-refractivity contribution in [2.45, 2.75) is 25.8 Å². The van der Waals surface area contributed by atoms with Gasteiger partial charge in [0.2, 0.25) is 5.91 Å². The number of thioether (sulfide) groups is 1. The number of carbonyl (C=O) groups excluding carboxylic acids is 2. The van der Waals surface area contributed by atoms with Crippen molar-refractivity contribution in [1.29, 1.82) is 0 Å². The molecule has 182 valence electrons. The Kier molecular flexibility index (Phi) is 8.31. The molecule has 3 heterocycles. The molecule has 1 N–H and O–H groups in total. The molecule has 1 amide bonds. The first-order valence-electron chi connectivity index (χ1n) is 11.3. The predicted octanol–water partition coefficient (Wildman–Crippen LogP) is 3.32. The maximum Gasteiger partial charge on any atom is 0.338 e. The van der Waals surface area contributed by atoms with Crippen molar-refractivity contribution in [3.05, 3.63) is 57.2 Å². The van der Waals surface area contributed by atoms with E-state index in [2.05, 4.69) is 15.2 Å². The number of hydrogen-bond acceptors (Lipinski definition) is 8. The lowest BCUT2D eigenvalue weighted by Gasteiger charge is -2.36. The molecule has 0 spiro atoms. The normalized spacial score (nSPS) is 20.6. The highest BCUT2D eigenvalue weighted by atomic mass is 35.5. The van der Waals surface area contributed by atoms with Crippen LogP contribution in [0.15, 0.2) is 51.6 Å². The number of methoxy groups -OCH3 is 1. The molecule has 3 aliphatic heterocycles. The molecule has 10 heteroatoms. The van der Waals surface area contributed by atoms with Gasteiger partial charge in [-0.15, -0.1) is 0 Å². The van der Waals surface area contributed by atoms with Crippen molar-refractivity contribution in [1.82, 2.24) is 15.1 Å². The van der Waals surface area contributed by atoms with E-state index < -0.39 is 12.0 Å². The molecular formula is C24H29ClN4O4S. The largest absolute Gasteiger partial charge is 0.466 e. The number of nitrogens with one attached hydrogen (secondary N) is 1. The van der Waals surface area contributed by atoms with Crippen molar-refractivity contribution in [3.8, 4) is 0 Å². The second kappa shape index (κ2) is 11.4. The Labute approximate surface area is 209 Å². The molecular weight excluding hydrogens is 476 g/mol. The third kappa shape index (κ3) is 5.66. The molecule has 0 aromatic heterocycles. The molecule has 0 radical (unpaired) electrons. The summed E-state index contributed by atoms with van der Waals surface area (Å²) in [5.74, 6) is -0.500. The van der Waals surface area contributed by atoms with Gasteiger partial charge in [0.25, 0.3) is 0 Å². The number of nitrogens with zero attached hydrogens (tertiary/aromatic N) is 3. The lowest BCUT2D eigenvalue weighted by Crippen LogP contribution is -2.39. The number of benzene rings is 1. The second-order valence-electron chi connectivity index (χ2n) is 8.27. The SMILES string of the molecule is COC(=O)C1=C(C)N=C2SC=C(CC(=O)NCCCN3CCOCC3)N2C1c1ccc(Cl)cc1. The number of ether oxygens (including phenoxy) is 2. The van der Waals surface area contributed by atoms with Gasteiger partial charge in [0.15, 0.2) is 5.17 Å². The maximum absolute atomic E-state index is 12.8. The van der Waals surface area contributed by atoms with Crippen molar-refractivity contribution >= 4 is 40.4 Å². The van der Waals surface area contributed by atoms with Crippen LogP contribution in [0, 0.1) is 0 Å². The lowest BCUT2D eigenvalue weighted by molar-refractivity contribution is -0.136. The first-order chi connectivity index (χ1) is 16.5. The van der Waals surface area contributed by atoms with E-state index in [1.807, 2.05) is 22.4 Å². The van der Waals surface area contributed by atoms with Crippen LogP contribution in [0.5, 0.6) is 0 Å². The molecule has 0 saturated carbocycles. The van der Waals surface area contributed by atoms with Crippen molar-refractivity contribution in [3.63, 3.8) is 0 Å². The number of amidine groups is 1. The molecule has 4 rings (SSSR count). The molecule has 0 bridgehead atoms. The van der Waals surface area contributed by atoms with E-state index in [0.717, 1.165) is 55.7 Å². The summed E-state index contributed by atoms with van der Waals surface area (Å²) < 4.78 is 10.5. The van der Waals surface area contributed by atoms with E-state index in [4.69, 9.17) is 21.1 Å². The number of amides is 1. The molecule has 3 aliphatic rings. The number of hydrogen-bond donors (Lipinski definition) is 1. The highest BCUT2D eigenvalue weighted by molar-refractivity contribution is 8.16. The molecule has 1 aromatic rings. The Morgan fingerprint density at radius 2 is 2.00 bits per heavy atom. The zero-order chi connectivity index (χ0) is 24.1. The summed E-state index contributed by atoms with van der Waals surface area (Å²) in [6.07, 6.45) is 1.08. The summed E-state index contributed by atoms with van der Waals surface area (Å²) in [7, 11) is 1.36. The number of allylic oxidation sites excluding steroid dienone is 1. The van der Waals surface area contributed by atoms with E-state index in [-0.39, 0.29) is 12.3 Å². The van der Waals surface area contributed by atoms with E-state index >= 15 is 0 Å². The van der Waals surface area contributed by atoms with Crippen LogP contribution in [0.25, 0.3) is 0 Å². The Morgan fingerprint density at radius 1 is 1.26 bits per heavy atom. The van der Waals surface area contributed by atoms with E-state index in [9.17, 15) is 9.59 Å². The zero-order valence-corrected chi connectivity index (χ0v) is 21.0. The first kappa shape index (κ1) is 24.8. The van der Waals surface area contributed by atoms with Gasteiger partial charge in [-0.1, -0.05) is 35.5 Å². The first-order valence-corrected chi connectivity index (χ1v) is 12.6. The van der Waals surface area contributed by atoms with Gasteiger partial charge in [0, 0.05) is 30.4 Å². The summed E-state index contributed by atoms with van der Waals surface area (Å²) in [5, 5.41) is 6.30. The highest BCUT2D eigenvalue weighted by Crippen LogP contribution is 2.44. The fourth-order valence-electron chi connectivity index (χ4n) is 4.28. The Balaban J connectivity index is 1.45. The summed E-state index contributed by atoms with van der Waals surface area (Å²) >= 11 is 7.56. The quantitative estimate of drug-likeness (QED) is 0.429. The molecule has 1 saturated heterocycles. The van der Waals surface area contributed by atoms with Crippen molar-refractivity contribution in [2.75, 3.05) is 46.5 Å². The van der Waals surface area contributed by atoms with Gasteiger partial charge in [-0.05, 0) is 43.0 Å². The van der Waals surface area contributed by atoms with Crippen LogP contribution >= 0.6 is 23.4 Å². The number of fused-ring (bicyclic) bond motifs is 1. The maximum atomic E-state index is 12.8. The fourth-order valence-corrected chi connectivity index (χ4v) is 5.37. The standard InChI is InChI=1S/C24H29ClN4O4S/c1-16-21(23(31)32-2)22(17-4-6-18(25)7-5-17)29-19(15-34-24(29)27-16)14-20(30)26-8-3-9-28-10-12-33-13-11-28/h4-7,15,22H,3,8-14H2,1-2H3,(H,26,30). The smallest absolute Gasteiger partial charge is 0.338 e. The monoisotopic (exact) mass is 504 g/mol. The van der Waals surface area contributed by atoms with Gasteiger partial charge in [-0.25, -0.2) is 9.79 Å². The van der Waals surface area contributed by atoms with Crippen LogP contribution in [-0.4, -0.2) is 73.3 Å². The summed E-state index contributed by atoms with van der Waals surface area (Å²) in [6, 6.07) is 6.91. The van der Waals surface area contributed by atoms with Gasteiger partial charge in [-0.3, -0.25) is 9.69 Å². The highest BCUT2D eigenvalue weighted by Gasteiger charge is 2.40. The van der Waals surface area contributed by atoms with Gasteiger partial charge < -0.3 is 19.7 Å².